The van der Waals surface area contributed by atoms with E-state index in [2.05, 4.69) is 11.6 Å². The Morgan fingerprint density at radius 1 is 1.07 bits per heavy atom. The first kappa shape index (κ1) is 17.9. The van der Waals surface area contributed by atoms with Crippen molar-refractivity contribution in [1.29, 1.82) is 0 Å². The van der Waals surface area contributed by atoms with Gasteiger partial charge in [-0.05, 0) is 42.3 Å². The zero-order chi connectivity index (χ0) is 20.0. The molecule has 0 amide bonds. The molecule has 4 aromatic rings. The molecule has 2 aromatic carbocycles. The third-order valence-electron chi connectivity index (χ3n) is 4.58. The summed E-state index contributed by atoms with van der Waals surface area (Å²) in [6.07, 6.45) is 2.72. The van der Waals surface area contributed by atoms with E-state index in [1.807, 2.05) is 0 Å². The average Bonchev–Trinajstić information content (AvgIpc) is 3.01. The van der Waals surface area contributed by atoms with Gasteiger partial charge in [0.2, 0.25) is 0 Å². The Labute approximate surface area is 159 Å². The molecular weight excluding hydrogens is 363 g/mol. The molecule has 0 aliphatic rings. The quantitative estimate of drug-likeness (QED) is 0.462. The van der Waals surface area contributed by atoms with Gasteiger partial charge in [0.1, 0.15) is 23.1 Å². The number of hydrogen-bond donors (Lipinski definition) is 1. The second kappa shape index (κ2) is 6.56. The molecule has 3 nitrogen and oxygen atoms in total. The van der Waals surface area contributed by atoms with Crippen molar-refractivity contribution in [2.45, 2.75) is 6.92 Å². The number of aromatic nitrogens is 2. The van der Waals surface area contributed by atoms with Gasteiger partial charge in [-0.25, -0.2) is 18.2 Å². The van der Waals surface area contributed by atoms with Crippen molar-refractivity contribution in [3.8, 4) is 16.8 Å². The minimum atomic E-state index is -0.528. The van der Waals surface area contributed by atoms with Gasteiger partial charge in [0.15, 0.2) is 0 Å². The number of hydrogen-bond acceptors (Lipinski definition) is 2. The van der Waals surface area contributed by atoms with E-state index in [4.69, 9.17) is 5.73 Å². The molecule has 0 unspecified atom stereocenters. The predicted molar refractivity (Wildman–Crippen MR) is 106 cm³/mol. The SMILES string of the molecule is C=C(C)c1cc(N)c(-n2cc(-c3cccc(F)c3)c3cc(F)cnc32)cc1F. The number of nitrogens with zero attached hydrogens (tertiary/aromatic N) is 2. The monoisotopic (exact) mass is 379 g/mol. The van der Waals surface area contributed by atoms with Crippen LogP contribution in [-0.2, 0) is 0 Å². The van der Waals surface area contributed by atoms with Crippen LogP contribution in [0.3, 0.4) is 0 Å². The van der Waals surface area contributed by atoms with E-state index < -0.39 is 17.5 Å². The molecule has 0 atom stereocenters. The number of benzene rings is 2. The molecule has 0 spiro atoms. The highest BCUT2D eigenvalue weighted by atomic mass is 19.1. The van der Waals surface area contributed by atoms with Gasteiger partial charge in [-0.15, -0.1) is 0 Å². The van der Waals surface area contributed by atoms with E-state index >= 15 is 0 Å². The number of halogens is 3. The molecule has 140 valence electrons. The number of nitrogens with two attached hydrogens (primary N) is 1. The number of allylic oxidation sites excluding steroid dienone is 1. The fourth-order valence-electron chi connectivity index (χ4n) is 3.27. The first-order chi connectivity index (χ1) is 13.3. The van der Waals surface area contributed by atoms with Crippen LogP contribution >= 0.6 is 0 Å². The first-order valence-corrected chi connectivity index (χ1v) is 8.53. The van der Waals surface area contributed by atoms with Gasteiger partial charge in [-0.2, -0.15) is 0 Å². The van der Waals surface area contributed by atoms with E-state index in [1.54, 1.807) is 29.8 Å². The van der Waals surface area contributed by atoms with Crippen molar-refractivity contribution in [3.63, 3.8) is 0 Å². The molecule has 6 heteroatoms. The lowest BCUT2D eigenvalue weighted by molar-refractivity contribution is 0.622. The smallest absolute Gasteiger partial charge is 0.145 e. The second-order valence-electron chi connectivity index (χ2n) is 6.62. The van der Waals surface area contributed by atoms with Crippen LogP contribution < -0.4 is 5.73 Å². The molecule has 2 heterocycles. The summed E-state index contributed by atoms with van der Waals surface area (Å²) in [6, 6.07) is 10.1. The third kappa shape index (κ3) is 2.93. The maximum absolute atomic E-state index is 14.6. The third-order valence-corrected chi connectivity index (χ3v) is 4.58. The average molecular weight is 379 g/mol. The molecule has 2 aromatic heterocycles. The lowest BCUT2D eigenvalue weighted by atomic mass is 10.1. The largest absolute Gasteiger partial charge is 0.397 e. The van der Waals surface area contributed by atoms with Crippen molar-refractivity contribution in [1.82, 2.24) is 9.55 Å². The van der Waals surface area contributed by atoms with Gasteiger partial charge in [-0.3, -0.25) is 4.57 Å². The first-order valence-electron chi connectivity index (χ1n) is 8.53. The van der Waals surface area contributed by atoms with Crippen molar-refractivity contribution >= 4 is 22.3 Å². The van der Waals surface area contributed by atoms with Crippen molar-refractivity contribution < 1.29 is 13.2 Å². The Hall–Kier alpha value is -3.54. The highest BCUT2D eigenvalue weighted by Crippen LogP contribution is 2.35. The van der Waals surface area contributed by atoms with Gasteiger partial charge < -0.3 is 5.73 Å². The fourth-order valence-corrected chi connectivity index (χ4v) is 3.27. The summed E-state index contributed by atoms with van der Waals surface area (Å²) < 4.78 is 43.7. The van der Waals surface area contributed by atoms with E-state index in [0.717, 1.165) is 6.20 Å². The van der Waals surface area contributed by atoms with Crippen LogP contribution in [0.15, 0.2) is 61.4 Å². The number of pyridine rings is 1. The Bertz CT molecular complexity index is 1240. The van der Waals surface area contributed by atoms with E-state index in [1.165, 1.54) is 30.3 Å². The molecule has 0 fully saturated rings. The highest BCUT2D eigenvalue weighted by Gasteiger charge is 2.17. The minimum absolute atomic E-state index is 0.313. The maximum Gasteiger partial charge on any atom is 0.145 e. The summed E-state index contributed by atoms with van der Waals surface area (Å²) in [7, 11) is 0. The minimum Gasteiger partial charge on any atom is -0.397 e. The van der Waals surface area contributed by atoms with Crippen LogP contribution in [-0.4, -0.2) is 9.55 Å². The van der Waals surface area contributed by atoms with Crippen LogP contribution in [0.5, 0.6) is 0 Å². The molecule has 0 bridgehead atoms. The summed E-state index contributed by atoms with van der Waals surface area (Å²) in [4.78, 5) is 4.15. The Morgan fingerprint density at radius 2 is 1.86 bits per heavy atom. The standard InChI is InChI=1S/C22H16F3N3/c1-12(2)16-8-20(26)21(9-19(16)25)28-11-18(13-4-3-5-14(23)6-13)17-7-15(24)10-27-22(17)28/h3-11H,1,26H2,2H3. The molecule has 0 radical (unpaired) electrons. The zero-order valence-electron chi connectivity index (χ0n) is 15.0. The fraction of sp³-hybridized carbons (Fsp3) is 0.0455. The highest BCUT2D eigenvalue weighted by molar-refractivity contribution is 5.95. The van der Waals surface area contributed by atoms with E-state index in [9.17, 15) is 13.2 Å². The van der Waals surface area contributed by atoms with Gasteiger partial charge in [0.25, 0.3) is 0 Å². The molecule has 4 rings (SSSR count). The van der Waals surface area contributed by atoms with Crippen LogP contribution in [0, 0.1) is 17.5 Å². The molecule has 28 heavy (non-hydrogen) atoms. The Kier molecular flexibility index (Phi) is 4.19. The number of rotatable bonds is 3. The molecule has 2 N–H and O–H groups in total. The Morgan fingerprint density at radius 3 is 2.57 bits per heavy atom. The summed E-state index contributed by atoms with van der Waals surface area (Å²) in [5, 5.41) is 0.467. The predicted octanol–water partition coefficient (Wildman–Crippen LogP) is 5.73. The van der Waals surface area contributed by atoms with Crippen molar-refractivity contribution in [3.05, 3.63) is 84.5 Å². The van der Waals surface area contributed by atoms with Gasteiger partial charge in [0, 0.05) is 28.8 Å². The summed E-state index contributed by atoms with van der Waals surface area (Å²) in [5.74, 6) is -1.42. The van der Waals surface area contributed by atoms with E-state index in [0.29, 0.717) is 44.7 Å². The van der Waals surface area contributed by atoms with Gasteiger partial charge >= 0.3 is 0 Å². The van der Waals surface area contributed by atoms with Crippen molar-refractivity contribution in [2.24, 2.45) is 0 Å². The van der Waals surface area contributed by atoms with Crippen LogP contribution in [0.2, 0.25) is 0 Å². The van der Waals surface area contributed by atoms with E-state index in [-0.39, 0.29) is 0 Å². The van der Waals surface area contributed by atoms with Gasteiger partial charge in [-0.1, -0.05) is 18.7 Å². The number of fused-ring (bicyclic) bond motifs is 1. The molecule has 0 aliphatic heterocycles. The maximum atomic E-state index is 14.6. The zero-order valence-corrected chi connectivity index (χ0v) is 15.0. The van der Waals surface area contributed by atoms with Gasteiger partial charge in [0.05, 0.1) is 17.6 Å². The summed E-state index contributed by atoms with van der Waals surface area (Å²) in [6.45, 7) is 5.44. The topological polar surface area (TPSA) is 43.8 Å². The molecule has 0 saturated carbocycles. The second-order valence-corrected chi connectivity index (χ2v) is 6.62. The number of anilines is 1. The lowest BCUT2D eigenvalue weighted by Gasteiger charge is -2.11. The van der Waals surface area contributed by atoms with Crippen LogP contribution in [0.1, 0.15) is 12.5 Å². The molecule has 0 aliphatic carbocycles. The van der Waals surface area contributed by atoms with Crippen molar-refractivity contribution in [2.75, 3.05) is 5.73 Å². The summed E-state index contributed by atoms with van der Waals surface area (Å²) >= 11 is 0. The number of nitrogen functional groups attached to an aromatic ring is 1. The Balaban J connectivity index is 2.02. The summed E-state index contributed by atoms with van der Waals surface area (Å²) in [5.41, 5.74) is 9.20. The van der Waals surface area contributed by atoms with Crippen LogP contribution in [0.25, 0.3) is 33.4 Å². The normalized spacial score (nSPS) is 11.1. The lowest BCUT2D eigenvalue weighted by Crippen LogP contribution is -2.02. The molecule has 0 saturated heterocycles. The van der Waals surface area contributed by atoms with Crippen LogP contribution in [0.4, 0.5) is 18.9 Å². The molecular formula is C22H16F3N3.